The van der Waals surface area contributed by atoms with Crippen LogP contribution < -0.4 is 0 Å². The van der Waals surface area contributed by atoms with Crippen molar-refractivity contribution in [3.63, 3.8) is 0 Å². The van der Waals surface area contributed by atoms with E-state index in [1.165, 1.54) is 19.5 Å². The van der Waals surface area contributed by atoms with Crippen molar-refractivity contribution in [3.8, 4) is 0 Å². The highest BCUT2D eigenvalue weighted by Crippen LogP contribution is 2.40. The lowest BCUT2D eigenvalue weighted by atomic mass is 9.75. The summed E-state index contributed by atoms with van der Waals surface area (Å²) < 4.78 is 0. The van der Waals surface area contributed by atoms with E-state index in [0.29, 0.717) is 5.41 Å². The zero-order chi connectivity index (χ0) is 10.9. The van der Waals surface area contributed by atoms with Gasteiger partial charge in [0.1, 0.15) is 0 Å². The van der Waals surface area contributed by atoms with Crippen LogP contribution in [0.2, 0.25) is 0 Å². The van der Waals surface area contributed by atoms with Crippen molar-refractivity contribution < 1.29 is 0 Å². The fourth-order valence-corrected chi connectivity index (χ4v) is 3.13. The van der Waals surface area contributed by atoms with E-state index in [-0.39, 0.29) is 0 Å². The Morgan fingerprint density at radius 3 is 2.21 bits per heavy atom. The molecule has 84 valence electrons. The first-order chi connectivity index (χ1) is 6.38. The predicted octanol–water partition coefficient (Wildman–Crippen LogP) is 3.40. The summed E-state index contributed by atoms with van der Waals surface area (Å²) in [5, 5.41) is 0. The van der Waals surface area contributed by atoms with Crippen LogP contribution in [0.15, 0.2) is 0 Å². The van der Waals surface area contributed by atoms with Gasteiger partial charge in [0, 0.05) is 6.04 Å². The van der Waals surface area contributed by atoms with Gasteiger partial charge in [0.2, 0.25) is 0 Å². The number of rotatable bonds is 2. The lowest BCUT2D eigenvalue weighted by molar-refractivity contribution is 0.0987. The first kappa shape index (κ1) is 12.0. The Labute approximate surface area is 89.9 Å². The molecule has 0 aromatic rings. The van der Waals surface area contributed by atoms with Crippen molar-refractivity contribution in [1.82, 2.24) is 4.90 Å². The summed E-state index contributed by atoms with van der Waals surface area (Å²) in [7, 11) is 0. The summed E-state index contributed by atoms with van der Waals surface area (Å²) in [5.74, 6) is 1.73. The van der Waals surface area contributed by atoms with E-state index in [1.54, 1.807) is 0 Å². The summed E-state index contributed by atoms with van der Waals surface area (Å²) >= 11 is 0. The first-order valence-corrected chi connectivity index (χ1v) is 6.12. The highest BCUT2D eigenvalue weighted by Gasteiger charge is 2.41. The second kappa shape index (κ2) is 4.22. The molecule has 1 heteroatoms. The van der Waals surface area contributed by atoms with E-state index in [2.05, 4.69) is 46.4 Å². The molecule has 1 rings (SSSR count). The maximum atomic E-state index is 2.67. The van der Waals surface area contributed by atoms with Crippen molar-refractivity contribution in [2.45, 2.75) is 54.0 Å². The second-order valence-corrected chi connectivity index (χ2v) is 6.14. The van der Waals surface area contributed by atoms with Gasteiger partial charge in [-0.3, -0.25) is 4.90 Å². The standard InChI is InChI=1S/C13H27N/c1-7-14-9-8-11(10(2)3)12(14)13(4,5)6/h10-12H,7-9H2,1-6H3. The molecule has 14 heavy (non-hydrogen) atoms. The molecule has 0 spiro atoms. The molecule has 0 saturated carbocycles. The lowest BCUT2D eigenvalue weighted by Gasteiger charge is -2.39. The number of hydrogen-bond donors (Lipinski definition) is 0. The van der Waals surface area contributed by atoms with E-state index in [1.807, 2.05) is 0 Å². The zero-order valence-corrected chi connectivity index (χ0v) is 10.8. The number of nitrogens with zero attached hydrogens (tertiary/aromatic N) is 1. The minimum absolute atomic E-state index is 0.432. The molecule has 0 aromatic carbocycles. The van der Waals surface area contributed by atoms with Crippen LogP contribution in [-0.4, -0.2) is 24.0 Å². The van der Waals surface area contributed by atoms with Crippen LogP contribution >= 0.6 is 0 Å². The summed E-state index contributed by atoms with van der Waals surface area (Å²) in [6.45, 7) is 16.7. The van der Waals surface area contributed by atoms with Crippen molar-refractivity contribution in [1.29, 1.82) is 0 Å². The molecule has 0 radical (unpaired) electrons. The summed E-state index contributed by atoms with van der Waals surface area (Å²) in [6.07, 6.45) is 1.40. The predicted molar refractivity (Wildman–Crippen MR) is 63.4 cm³/mol. The Kier molecular flexibility index (Phi) is 3.63. The molecule has 1 saturated heterocycles. The lowest BCUT2D eigenvalue weighted by Crippen LogP contribution is -2.44. The SMILES string of the molecule is CCN1CCC(C(C)C)C1C(C)(C)C. The Bertz CT molecular complexity index is 178. The fraction of sp³-hybridized carbons (Fsp3) is 1.00. The van der Waals surface area contributed by atoms with Gasteiger partial charge in [-0.05, 0) is 36.8 Å². The van der Waals surface area contributed by atoms with E-state index in [0.717, 1.165) is 17.9 Å². The fourth-order valence-electron chi connectivity index (χ4n) is 3.13. The van der Waals surface area contributed by atoms with Crippen LogP contribution in [0.25, 0.3) is 0 Å². The molecule has 0 aliphatic carbocycles. The average Bonchev–Trinajstić information content (AvgIpc) is 2.45. The molecule has 2 unspecified atom stereocenters. The van der Waals surface area contributed by atoms with Gasteiger partial charge in [0.25, 0.3) is 0 Å². The molecular weight excluding hydrogens is 170 g/mol. The molecule has 1 aliphatic rings. The Hall–Kier alpha value is -0.0400. The third-order valence-electron chi connectivity index (χ3n) is 3.70. The van der Waals surface area contributed by atoms with Crippen molar-refractivity contribution >= 4 is 0 Å². The van der Waals surface area contributed by atoms with Crippen molar-refractivity contribution in [2.24, 2.45) is 17.3 Å². The van der Waals surface area contributed by atoms with Gasteiger partial charge in [0.15, 0.2) is 0 Å². The van der Waals surface area contributed by atoms with Gasteiger partial charge in [-0.25, -0.2) is 0 Å². The molecule has 1 fully saturated rings. The smallest absolute Gasteiger partial charge is 0.0175 e. The third kappa shape index (κ3) is 2.31. The number of likely N-dealkylation sites (tertiary alicyclic amines) is 1. The van der Waals surface area contributed by atoms with E-state index < -0.39 is 0 Å². The van der Waals surface area contributed by atoms with Crippen LogP contribution in [0.3, 0.4) is 0 Å². The molecule has 0 amide bonds. The largest absolute Gasteiger partial charge is 0.300 e. The van der Waals surface area contributed by atoms with Gasteiger partial charge >= 0.3 is 0 Å². The first-order valence-electron chi connectivity index (χ1n) is 6.12. The van der Waals surface area contributed by atoms with Crippen LogP contribution in [0.1, 0.15) is 48.0 Å². The molecule has 0 aromatic heterocycles. The summed E-state index contributed by atoms with van der Waals surface area (Å²) in [6, 6.07) is 0.785. The zero-order valence-electron chi connectivity index (χ0n) is 10.8. The van der Waals surface area contributed by atoms with Gasteiger partial charge in [-0.15, -0.1) is 0 Å². The normalized spacial score (nSPS) is 30.2. The van der Waals surface area contributed by atoms with E-state index in [4.69, 9.17) is 0 Å². The molecule has 1 heterocycles. The van der Waals surface area contributed by atoms with Crippen LogP contribution in [0.5, 0.6) is 0 Å². The minimum atomic E-state index is 0.432. The van der Waals surface area contributed by atoms with Gasteiger partial charge in [0.05, 0.1) is 0 Å². The van der Waals surface area contributed by atoms with E-state index in [9.17, 15) is 0 Å². The van der Waals surface area contributed by atoms with Crippen LogP contribution in [0, 0.1) is 17.3 Å². The average molecular weight is 197 g/mol. The Morgan fingerprint density at radius 2 is 1.86 bits per heavy atom. The monoisotopic (exact) mass is 197 g/mol. The maximum Gasteiger partial charge on any atom is 0.0175 e. The Morgan fingerprint density at radius 1 is 1.29 bits per heavy atom. The van der Waals surface area contributed by atoms with E-state index >= 15 is 0 Å². The van der Waals surface area contributed by atoms with Gasteiger partial charge in [-0.1, -0.05) is 41.5 Å². The number of hydrogen-bond acceptors (Lipinski definition) is 1. The van der Waals surface area contributed by atoms with Crippen molar-refractivity contribution in [3.05, 3.63) is 0 Å². The minimum Gasteiger partial charge on any atom is -0.300 e. The summed E-state index contributed by atoms with van der Waals surface area (Å²) in [5.41, 5.74) is 0.432. The molecule has 2 atom stereocenters. The van der Waals surface area contributed by atoms with Gasteiger partial charge in [-0.2, -0.15) is 0 Å². The van der Waals surface area contributed by atoms with Crippen LogP contribution in [-0.2, 0) is 0 Å². The molecule has 1 aliphatic heterocycles. The third-order valence-corrected chi connectivity index (χ3v) is 3.70. The Balaban J connectivity index is 2.81. The maximum absolute atomic E-state index is 2.67. The molecule has 1 nitrogen and oxygen atoms in total. The molecule has 0 N–H and O–H groups in total. The highest BCUT2D eigenvalue weighted by molar-refractivity contribution is 4.94. The quantitative estimate of drug-likeness (QED) is 0.656. The highest BCUT2D eigenvalue weighted by atomic mass is 15.2. The van der Waals surface area contributed by atoms with Crippen molar-refractivity contribution in [2.75, 3.05) is 13.1 Å². The topological polar surface area (TPSA) is 3.24 Å². The molecular formula is C13H27N. The summed E-state index contributed by atoms with van der Waals surface area (Å²) in [4.78, 5) is 2.67. The second-order valence-electron chi connectivity index (χ2n) is 6.14. The molecule has 0 bridgehead atoms. The van der Waals surface area contributed by atoms with Gasteiger partial charge < -0.3 is 0 Å². The van der Waals surface area contributed by atoms with Crippen LogP contribution in [0.4, 0.5) is 0 Å².